The van der Waals surface area contributed by atoms with E-state index in [4.69, 9.17) is 0 Å². The maximum absolute atomic E-state index is 12.7. The van der Waals surface area contributed by atoms with Gasteiger partial charge in [-0.15, -0.1) is 0 Å². The lowest BCUT2D eigenvalue weighted by Gasteiger charge is -1.98. The van der Waals surface area contributed by atoms with Gasteiger partial charge in [-0.05, 0) is 12.1 Å². The second-order valence-corrected chi connectivity index (χ2v) is 2.17. The Bertz CT molecular complexity index is 314. The van der Waals surface area contributed by atoms with Crippen LogP contribution in [0.3, 0.4) is 0 Å². The third kappa shape index (κ3) is 1.50. The Morgan fingerprint density at radius 2 is 2.25 bits per heavy atom. The molecule has 64 valence electrons. The van der Waals surface area contributed by atoms with E-state index in [1.165, 1.54) is 6.07 Å². The molecule has 0 unspecified atom stereocenters. The van der Waals surface area contributed by atoms with Crippen LogP contribution in [0.5, 0.6) is 0 Å². The molecule has 1 rings (SSSR count). The van der Waals surface area contributed by atoms with Crippen molar-refractivity contribution in [3.05, 3.63) is 34.1 Å². The summed E-state index contributed by atoms with van der Waals surface area (Å²) in [6.45, 7) is 0. The highest BCUT2D eigenvalue weighted by Gasteiger charge is 2.13. The quantitative estimate of drug-likeness (QED) is 0.543. The summed E-state index contributed by atoms with van der Waals surface area (Å²) in [6.07, 6.45) is 0. The summed E-state index contributed by atoms with van der Waals surface area (Å²) in [5, 5.41) is 12.9. The molecule has 0 saturated heterocycles. The molecule has 0 fully saturated rings. The first kappa shape index (κ1) is 8.45. The minimum atomic E-state index is -0.820. The molecule has 1 aromatic rings. The van der Waals surface area contributed by atoms with Crippen LogP contribution in [0, 0.1) is 15.9 Å². The zero-order valence-electron chi connectivity index (χ0n) is 6.37. The first-order valence-electron chi connectivity index (χ1n) is 3.27. The number of rotatable bonds is 2. The smallest absolute Gasteiger partial charge is 0.306 e. The minimum absolute atomic E-state index is 0.512. The van der Waals surface area contributed by atoms with E-state index < -0.39 is 16.4 Å². The fourth-order valence-electron chi connectivity index (χ4n) is 0.808. The van der Waals surface area contributed by atoms with Crippen LogP contribution in [0.4, 0.5) is 15.8 Å². The van der Waals surface area contributed by atoms with Gasteiger partial charge in [0.05, 0.1) is 4.92 Å². The monoisotopic (exact) mass is 170 g/mol. The molecule has 0 atom stereocenters. The molecule has 12 heavy (non-hydrogen) atoms. The van der Waals surface area contributed by atoms with Crippen molar-refractivity contribution in [1.29, 1.82) is 0 Å². The maximum atomic E-state index is 12.7. The van der Waals surface area contributed by atoms with Crippen molar-refractivity contribution in [3.63, 3.8) is 0 Å². The number of benzene rings is 1. The summed E-state index contributed by atoms with van der Waals surface area (Å²) < 4.78 is 12.7. The lowest BCUT2D eigenvalue weighted by atomic mass is 10.3. The summed E-state index contributed by atoms with van der Waals surface area (Å²) in [7, 11) is 1.61. The standard InChI is InChI=1S/C7H7FN2O2/c1-9-5-2-3-6(8)7(4-5)10(11)12/h2-4,9H,1H3. The van der Waals surface area contributed by atoms with E-state index in [9.17, 15) is 14.5 Å². The Morgan fingerprint density at radius 3 is 2.75 bits per heavy atom. The summed E-state index contributed by atoms with van der Waals surface area (Å²) in [4.78, 5) is 9.47. The number of nitrogens with zero attached hydrogens (tertiary/aromatic N) is 1. The van der Waals surface area contributed by atoms with E-state index in [-0.39, 0.29) is 0 Å². The third-order valence-corrected chi connectivity index (χ3v) is 1.43. The topological polar surface area (TPSA) is 55.2 Å². The van der Waals surface area contributed by atoms with E-state index in [1.807, 2.05) is 0 Å². The summed E-state index contributed by atoms with van der Waals surface area (Å²) in [5.74, 6) is -0.820. The molecular formula is C7H7FN2O2. The Balaban J connectivity index is 3.17. The van der Waals surface area contributed by atoms with Gasteiger partial charge in [0.1, 0.15) is 0 Å². The van der Waals surface area contributed by atoms with Crippen LogP contribution in [-0.4, -0.2) is 12.0 Å². The van der Waals surface area contributed by atoms with Gasteiger partial charge in [-0.25, -0.2) is 0 Å². The van der Waals surface area contributed by atoms with Crippen LogP contribution < -0.4 is 5.32 Å². The first-order valence-corrected chi connectivity index (χ1v) is 3.27. The Kier molecular flexibility index (Phi) is 2.23. The van der Waals surface area contributed by atoms with Gasteiger partial charge in [-0.3, -0.25) is 10.1 Å². The van der Waals surface area contributed by atoms with Gasteiger partial charge in [0, 0.05) is 18.8 Å². The van der Waals surface area contributed by atoms with E-state index in [0.29, 0.717) is 5.69 Å². The number of nitro benzene ring substituents is 1. The van der Waals surface area contributed by atoms with Crippen molar-refractivity contribution < 1.29 is 9.31 Å². The number of hydrogen-bond acceptors (Lipinski definition) is 3. The first-order chi connectivity index (χ1) is 5.65. The number of anilines is 1. The molecule has 0 aliphatic rings. The molecule has 0 bridgehead atoms. The SMILES string of the molecule is CNc1ccc(F)c([N+](=O)[O-])c1. The zero-order chi connectivity index (χ0) is 9.14. The van der Waals surface area contributed by atoms with Gasteiger partial charge >= 0.3 is 5.69 Å². The van der Waals surface area contributed by atoms with E-state index in [2.05, 4.69) is 5.32 Å². The average molecular weight is 170 g/mol. The van der Waals surface area contributed by atoms with Crippen LogP contribution in [0.15, 0.2) is 18.2 Å². The molecule has 1 N–H and O–H groups in total. The minimum Gasteiger partial charge on any atom is -0.388 e. The molecule has 0 aromatic heterocycles. The normalized spacial score (nSPS) is 9.50. The van der Waals surface area contributed by atoms with Gasteiger partial charge in [-0.2, -0.15) is 4.39 Å². The zero-order valence-corrected chi connectivity index (χ0v) is 6.37. The van der Waals surface area contributed by atoms with Gasteiger partial charge in [0.25, 0.3) is 0 Å². The number of halogens is 1. The molecule has 0 aliphatic carbocycles. The second kappa shape index (κ2) is 3.17. The van der Waals surface area contributed by atoms with Gasteiger partial charge in [0.2, 0.25) is 5.82 Å². The van der Waals surface area contributed by atoms with Gasteiger partial charge in [-0.1, -0.05) is 0 Å². The molecule has 4 nitrogen and oxygen atoms in total. The molecule has 1 aromatic carbocycles. The lowest BCUT2D eigenvalue weighted by Crippen LogP contribution is -1.94. The van der Waals surface area contributed by atoms with Crippen molar-refractivity contribution in [2.24, 2.45) is 0 Å². The van der Waals surface area contributed by atoms with Crippen molar-refractivity contribution >= 4 is 11.4 Å². The largest absolute Gasteiger partial charge is 0.388 e. The molecule has 0 heterocycles. The molecule has 0 radical (unpaired) electrons. The molecular weight excluding hydrogens is 163 g/mol. The average Bonchev–Trinajstić information content (AvgIpc) is 2.05. The Hall–Kier alpha value is -1.65. The Labute approximate surface area is 68.2 Å². The predicted octanol–water partition coefficient (Wildman–Crippen LogP) is 1.78. The highest BCUT2D eigenvalue weighted by molar-refractivity contribution is 5.51. The fourth-order valence-corrected chi connectivity index (χ4v) is 0.808. The molecule has 0 spiro atoms. The number of hydrogen-bond donors (Lipinski definition) is 1. The van der Waals surface area contributed by atoms with Crippen LogP contribution in [0.25, 0.3) is 0 Å². The van der Waals surface area contributed by atoms with E-state index in [0.717, 1.165) is 12.1 Å². The number of nitrogens with one attached hydrogen (secondary N) is 1. The van der Waals surface area contributed by atoms with Crippen molar-refractivity contribution in [3.8, 4) is 0 Å². The van der Waals surface area contributed by atoms with Crippen LogP contribution >= 0.6 is 0 Å². The fraction of sp³-hybridized carbons (Fsp3) is 0.143. The highest BCUT2D eigenvalue weighted by atomic mass is 19.1. The van der Waals surface area contributed by atoms with Crippen LogP contribution in [0.1, 0.15) is 0 Å². The molecule has 0 aliphatic heterocycles. The summed E-state index contributed by atoms with van der Waals surface area (Å²) in [6, 6.07) is 3.64. The van der Waals surface area contributed by atoms with Crippen molar-refractivity contribution in [2.75, 3.05) is 12.4 Å². The second-order valence-electron chi connectivity index (χ2n) is 2.17. The number of nitro groups is 1. The van der Waals surface area contributed by atoms with E-state index in [1.54, 1.807) is 7.05 Å². The van der Waals surface area contributed by atoms with Gasteiger partial charge in [0.15, 0.2) is 0 Å². The highest BCUT2D eigenvalue weighted by Crippen LogP contribution is 2.20. The summed E-state index contributed by atoms with van der Waals surface area (Å²) >= 11 is 0. The van der Waals surface area contributed by atoms with Crippen LogP contribution in [-0.2, 0) is 0 Å². The predicted molar refractivity (Wildman–Crippen MR) is 42.6 cm³/mol. The van der Waals surface area contributed by atoms with E-state index >= 15 is 0 Å². The molecule has 0 amide bonds. The third-order valence-electron chi connectivity index (χ3n) is 1.43. The van der Waals surface area contributed by atoms with Gasteiger partial charge < -0.3 is 5.32 Å². The molecule has 0 saturated carbocycles. The maximum Gasteiger partial charge on any atom is 0.306 e. The lowest BCUT2D eigenvalue weighted by molar-refractivity contribution is -0.387. The summed E-state index contributed by atoms with van der Waals surface area (Å²) in [5.41, 5.74) is 0.00458. The van der Waals surface area contributed by atoms with Crippen molar-refractivity contribution in [1.82, 2.24) is 0 Å². The van der Waals surface area contributed by atoms with Crippen LogP contribution in [0.2, 0.25) is 0 Å². The Morgan fingerprint density at radius 1 is 1.58 bits per heavy atom. The van der Waals surface area contributed by atoms with Crippen molar-refractivity contribution in [2.45, 2.75) is 0 Å². The molecule has 5 heteroatoms.